The van der Waals surface area contributed by atoms with Crippen molar-refractivity contribution in [1.29, 1.82) is 0 Å². The molecule has 0 heterocycles. The number of hydrogen-bond acceptors (Lipinski definition) is 3. The molecule has 0 saturated carbocycles. The molecular formula is C19H36O3. The normalized spacial score (nSPS) is 9.73. The average molecular weight is 312 g/mol. The van der Waals surface area contributed by atoms with Crippen LogP contribution in [0, 0.1) is 0 Å². The molecule has 0 aliphatic carbocycles. The van der Waals surface area contributed by atoms with E-state index in [9.17, 15) is 9.59 Å². The molecule has 0 rings (SSSR count). The first-order valence-electron chi connectivity index (χ1n) is 9.08. The van der Waals surface area contributed by atoms with Gasteiger partial charge >= 0.3 is 0 Å². The number of carbonyl (C=O) groups is 3. The van der Waals surface area contributed by atoms with Crippen molar-refractivity contribution in [3.63, 3.8) is 0 Å². The van der Waals surface area contributed by atoms with Gasteiger partial charge in [0.05, 0.1) is 0 Å². The molecule has 0 radical (unpaired) electrons. The fourth-order valence-corrected chi connectivity index (χ4v) is 2.25. The van der Waals surface area contributed by atoms with E-state index in [1.54, 1.807) is 0 Å². The van der Waals surface area contributed by atoms with Gasteiger partial charge in [-0.05, 0) is 6.42 Å². The SMILES string of the molecule is CC(=O)C=O.CCCCCCCCCCCCCCCC=O. The van der Waals surface area contributed by atoms with Gasteiger partial charge in [0.15, 0.2) is 12.1 Å². The molecule has 22 heavy (non-hydrogen) atoms. The fourth-order valence-electron chi connectivity index (χ4n) is 2.25. The molecule has 0 aliphatic rings. The van der Waals surface area contributed by atoms with Crippen LogP contribution in [0.2, 0.25) is 0 Å². The smallest absolute Gasteiger partial charge is 0.192 e. The zero-order valence-corrected chi connectivity index (χ0v) is 14.8. The van der Waals surface area contributed by atoms with Gasteiger partial charge in [-0.15, -0.1) is 0 Å². The lowest BCUT2D eigenvalue weighted by Gasteiger charge is -2.02. The second-order valence-corrected chi connectivity index (χ2v) is 5.93. The van der Waals surface area contributed by atoms with Gasteiger partial charge in [-0.3, -0.25) is 9.59 Å². The van der Waals surface area contributed by atoms with E-state index < -0.39 is 5.78 Å². The number of hydrogen-bond donors (Lipinski definition) is 0. The topological polar surface area (TPSA) is 51.2 Å². The summed E-state index contributed by atoms with van der Waals surface area (Å²) >= 11 is 0. The Morgan fingerprint density at radius 3 is 1.27 bits per heavy atom. The predicted molar refractivity (Wildman–Crippen MR) is 93.1 cm³/mol. The molecule has 0 spiro atoms. The van der Waals surface area contributed by atoms with Gasteiger partial charge in [0, 0.05) is 13.3 Å². The minimum atomic E-state index is -0.426. The van der Waals surface area contributed by atoms with Gasteiger partial charge in [0.2, 0.25) is 0 Å². The van der Waals surface area contributed by atoms with Crippen molar-refractivity contribution >= 4 is 18.4 Å². The number of rotatable bonds is 15. The minimum absolute atomic E-state index is 0.278. The lowest BCUT2D eigenvalue weighted by Crippen LogP contribution is -1.85. The highest BCUT2D eigenvalue weighted by Crippen LogP contribution is 2.12. The highest BCUT2D eigenvalue weighted by atomic mass is 16.2. The molecule has 0 saturated heterocycles. The van der Waals surface area contributed by atoms with Gasteiger partial charge in [-0.2, -0.15) is 0 Å². The Hall–Kier alpha value is -0.990. The van der Waals surface area contributed by atoms with Crippen molar-refractivity contribution < 1.29 is 14.4 Å². The van der Waals surface area contributed by atoms with Crippen LogP contribution in [0.25, 0.3) is 0 Å². The number of carbonyl (C=O) groups excluding carboxylic acids is 3. The maximum atomic E-state index is 10.1. The van der Waals surface area contributed by atoms with Crippen LogP contribution in [0.5, 0.6) is 0 Å². The third-order valence-corrected chi connectivity index (χ3v) is 3.59. The Kier molecular flexibility index (Phi) is 23.6. The minimum Gasteiger partial charge on any atom is -0.303 e. The number of unbranched alkanes of at least 4 members (excludes halogenated alkanes) is 13. The van der Waals surface area contributed by atoms with Gasteiger partial charge in [0.1, 0.15) is 6.29 Å². The van der Waals surface area contributed by atoms with Crippen molar-refractivity contribution in [2.45, 2.75) is 104 Å². The van der Waals surface area contributed by atoms with Crippen LogP contribution in [0.1, 0.15) is 104 Å². The molecule has 0 aromatic rings. The molecule has 3 nitrogen and oxygen atoms in total. The summed E-state index contributed by atoms with van der Waals surface area (Å²) in [4.78, 5) is 28.7. The standard InChI is InChI=1S/C16H32O.C3H4O2/c1-2-3-4-5-6-7-8-9-10-11-12-13-14-15-16-17;1-3(5)2-4/h16H,2-15H2,1H3;2H,1H3. The maximum Gasteiger partial charge on any atom is 0.192 e. The molecule has 3 heteroatoms. The van der Waals surface area contributed by atoms with E-state index >= 15 is 0 Å². The van der Waals surface area contributed by atoms with E-state index in [2.05, 4.69) is 6.92 Å². The third kappa shape index (κ3) is 27.4. The summed E-state index contributed by atoms with van der Waals surface area (Å²) in [5.41, 5.74) is 0. The summed E-state index contributed by atoms with van der Waals surface area (Å²) in [6, 6.07) is 0. The van der Waals surface area contributed by atoms with Gasteiger partial charge in [0.25, 0.3) is 0 Å². The summed E-state index contributed by atoms with van der Waals surface area (Å²) in [5, 5.41) is 0. The third-order valence-electron chi connectivity index (χ3n) is 3.59. The van der Waals surface area contributed by atoms with Gasteiger partial charge < -0.3 is 4.79 Å². The van der Waals surface area contributed by atoms with Crippen molar-refractivity contribution in [3.05, 3.63) is 0 Å². The van der Waals surface area contributed by atoms with Crippen molar-refractivity contribution in [2.75, 3.05) is 0 Å². The molecule has 0 amide bonds. The molecule has 0 N–H and O–H groups in total. The predicted octanol–water partition coefficient (Wildman–Crippen LogP) is 5.44. The van der Waals surface area contributed by atoms with Crippen LogP contribution in [0.15, 0.2) is 0 Å². The van der Waals surface area contributed by atoms with E-state index in [0.29, 0.717) is 0 Å². The zero-order chi connectivity index (χ0) is 16.9. The highest BCUT2D eigenvalue weighted by Gasteiger charge is 1.93. The van der Waals surface area contributed by atoms with Crippen molar-refractivity contribution in [3.8, 4) is 0 Å². The first-order valence-corrected chi connectivity index (χ1v) is 9.08. The second-order valence-electron chi connectivity index (χ2n) is 5.93. The molecule has 0 fully saturated rings. The quantitative estimate of drug-likeness (QED) is 0.230. The van der Waals surface area contributed by atoms with Crippen LogP contribution in [-0.4, -0.2) is 18.4 Å². The largest absolute Gasteiger partial charge is 0.303 e. The van der Waals surface area contributed by atoms with Crippen molar-refractivity contribution in [2.24, 2.45) is 0 Å². The van der Waals surface area contributed by atoms with Crippen LogP contribution in [-0.2, 0) is 14.4 Å². The average Bonchev–Trinajstić information content (AvgIpc) is 2.52. The Bertz CT molecular complexity index is 249. The summed E-state index contributed by atoms with van der Waals surface area (Å²) in [6.45, 7) is 3.49. The molecule has 0 atom stereocenters. The van der Waals surface area contributed by atoms with Crippen LogP contribution < -0.4 is 0 Å². The first-order chi connectivity index (χ1) is 10.7. The monoisotopic (exact) mass is 312 g/mol. The van der Waals surface area contributed by atoms with E-state index in [1.807, 2.05) is 0 Å². The molecule has 0 unspecified atom stereocenters. The lowest BCUT2D eigenvalue weighted by atomic mass is 10.0. The Balaban J connectivity index is 0. The van der Waals surface area contributed by atoms with E-state index in [1.165, 1.54) is 84.0 Å². The van der Waals surface area contributed by atoms with Crippen molar-refractivity contribution in [1.82, 2.24) is 0 Å². The number of ketones is 1. The summed E-state index contributed by atoms with van der Waals surface area (Å²) in [6.07, 6.45) is 19.9. The van der Waals surface area contributed by atoms with Gasteiger partial charge in [-0.25, -0.2) is 0 Å². The summed E-state index contributed by atoms with van der Waals surface area (Å²) in [7, 11) is 0. The maximum absolute atomic E-state index is 10.1. The van der Waals surface area contributed by atoms with Crippen LogP contribution >= 0.6 is 0 Å². The molecule has 0 bridgehead atoms. The number of Topliss-reactive ketones (excluding diaryl/α,β-unsaturated/α-hetero) is 1. The second kappa shape index (κ2) is 22.3. The lowest BCUT2D eigenvalue weighted by molar-refractivity contribution is -0.128. The van der Waals surface area contributed by atoms with E-state index in [-0.39, 0.29) is 6.29 Å². The first kappa shape index (κ1) is 23.3. The van der Waals surface area contributed by atoms with Gasteiger partial charge in [-0.1, -0.05) is 84.0 Å². The number of aldehydes is 2. The zero-order valence-electron chi connectivity index (χ0n) is 14.8. The summed E-state index contributed by atoms with van der Waals surface area (Å²) in [5.74, 6) is -0.426. The fraction of sp³-hybridized carbons (Fsp3) is 0.842. The van der Waals surface area contributed by atoms with E-state index in [4.69, 9.17) is 4.79 Å². The van der Waals surface area contributed by atoms with E-state index in [0.717, 1.165) is 19.1 Å². The Labute approximate surface area is 137 Å². The molecule has 0 aliphatic heterocycles. The molecule has 130 valence electrons. The molecular weight excluding hydrogens is 276 g/mol. The van der Waals surface area contributed by atoms with Crippen LogP contribution in [0.4, 0.5) is 0 Å². The highest BCUT2D eigenvalue weighted by molar-refractivity contribution is 6.23. The molecule has 0 aromatic carbocycles. The Morgan fingerprint density at radius 1 is 0.682 bits per heavy atom. The Morgan fingerprint density at radius 2 is 1.00 bits per heavy atom. The van der Waals surface area contributed by atoms with Crippen LogP contribution in [0.3, 0.4) is 0 Å². The molecule has 0 aromatic heterocycles. The summed E-state index contributed by atoms with van der Waals surface area (Å²) < 4.78 is 0.